The van der Waals surface area contributed by atoms with Crippen molar-refractivity contribution in [2.75, 3.05) is 0 Å². The number of nitrogens with one attached hydrogen (secondary N) is 1. The summed E-state index contributed by atoms with van der Waals surface area (Å²) in [4.78, 5) is 0. The van der Waals surface area contributed by atoms with Crippen molar-refractivity contribution in [1.29, 1.82) is 0 Å². The largest absolute Gasteiger partial charge is 0.311 e. The smallest absolute Gasteiger partial charge is 0.0107 e. The summed E-state index contributed by atoms with van der Waals surface area (Å²) in [6.07, 6.45) is 13.9. The zero-order valence-electron chi connectivity index (χ0n) is 9.76. The third-order valence-electron chi connectivity index (χ3n) is 3.03. The van der Waals surface area contributed by atoms with Gasteiger partial charge in [0.1, 0.15) is 0 Å². The van der Waals surface area contributed by atoms with E-state index in [0.717, 1.165) is 6.04 Å². The van der Waals surface area contributed by atoms with E-state index in [4.69, 9.17) is 0 Å². The molecule has 0 heterocycles. The molecule has 82 valence electrons. The molecule has 1 nitrogen and oxygen atoms in total. The van der Waals surface area contributed by atoms with Crippen molar-refractivity contribution in [3.63, 3.8) is 0 Å². The molecule has 1 rings (SSSR count). The summed E-state index contributed by atoms with van der Waals surface area (Å²) >= 11 is 0. The highest BCUT2D eigenvalue weighted by Crippen LogP contribution is 2.12. The molecule has 1 N–H and O–H groups in total. The molecular formula is C13H25N. The number of unbranched alkanes of at least 4 members (excludes halogenated alkanes) is 2. The molecular weight excluding hydrogens is 170 g/mol. The number of hydrogen-bond donors (Lipinski definition) is 1. The minimum atomic E-state index is 0.707. The van der Waals surface area contributed by atoms with Crippen LogP contribution in [-0.4, -0.2) is 12.1 Å². The van der Waals surface area contributed by atoms with Crippen molar-refractivity contribution in [3.8, 4) is 0 Å². The van der Waals surface area contributed by atoms with Crippen molar-refractivity contribution in [1.82, 2.24) is 5.32 Å². The fourth-order valence-electron chi connectivity index (χ4n) is 2.13. The van der Waals surface area contributed by atoms with E-state index < -0.39 is 0 Å². The summed E-state index contributed by atoms with van der Waals surface area (Å²) < 4.78 is 0. The summed E-state index contributed by atoms with van der Waals surface area (Å²) in [6.45, 7) is 4.60. The van der Waals surface area contributed by atoms with E-state index in [9.17, 15) is 0 Å². The monoisotopic (exact) mass is 195 g/mol. The third-order valence-corrected chi connectivity index (χ3v) is 3.03. The summed E-state index contributed by atoms with van der Waals surface area (Å²) in [5, 5.41) is 3.73. The molecule has 2 unspecified atom stereocenters. The van der Waals surface area contributed by atoms with E-state index in [0.29, 0.717) is 6.04 Å². The lowest BCUT2D eigenvalue weighted by atomic mass is 10.00. The number of rotatable bonds is 6. The van der Waals surface area contributed by atoms with E-state index in [1.807, 2.05) is 0 Å². The van der Waals surface area contributed by atoms with Crippen LogP contribution in [0.4, 0.5) is 0 Å². The van der Waals surface area contributed by atoms with E-state index in [1.165, 1.54) is 44.9 Å². The SMILES string of the molecule is CCCCCC(C)NC1CC=CCC1. The molecule has 0 aromatic rings. The van der Waals surface area contributed by atoms with Gasteiger partial charge in [-0.1, -0.05) is 38.3 Å². The molecule has 1 aliphatic rings. The van der Waals surface area contributed by atoms with E-state index in [-0.39, 0.29) is 0 Å². The summed E-state index contributed by atoms with van der Waals surface area (Å²) in [5.41, 5.74) is 0. The first-order chi connectivity index (χ1) is 6.83. The molecule has 1 aliphatic carbocycles. The Bertz CT molecular complexity index is 163. The predicted molar refractivity (Wildman–Crippen MR) is 63.5 cm³/mol. The van der Waals surface area contributed by atoms with Crippen molar-refractivity contribution < 1.29 is 0 Å². The van der Waals surface area contributed by atoms with Gasteiger partial charge >= 0.3 is 0 Å². The van der Waals surface area contributed by atoms with Crippen molar-refractivity contribution in [3.05, 3.63) is 12.2 Å². The average Bonchev–Trinajstić information content (AvgIpc) is 2.20. The molecule has 0 aliphatic heterocycles. The van der Waals surface area contributed by atoms with Gasteiger partial charge in [-0.05, 0) is 32.6 Å². The van der Waals surface area contributed by atoms with E-state index >= 15 is 0 Å². The lowest BCUT2D eigenvalue weighted by molar-refractivity contribution is 0.395. The molecule has 1 heteroatoms. The highest BCUT2D eigenvalue weighted by molar-refractivity contribution is 4.93. The molecule has 0 aromatic heterocycles. The van der Waals surface area contributed by atoms with Gasteiger partial charge in [0.05, 0.1) is 0 Å². The molecule has 0 aromatic carbocycles. The Kier molecular flexibility index (Phi) is 5.93. The summed E-state index contributed by atoms with van der Waals surface area (Å²) in [5.74, 6) is 0. The highest BCUT2D eigenvalue weighted by Gasteiger charge is 2.11. The molecule has 0 spiro atoms. The van der Waals surface area contributed by atoms with Crippen LogP contribution in [0.5, 0.6) is 0 Å². The van der Waals surface area contributed by atoms with Crippen LogP contribution in [0.25, 0.3) is 0 Å². The maximum Gasteiger partial charge on any atom is 0.0107 e. The molecule has 0 saturated heterocycles. The van der Waals surface area contributed by atoms with Crippen molar-refractivity contribution in [2.24, 2.45) is 0 Å². The van der Waals surface area contributed by atoms with Gasteiger partial charge < -0.3 is 5.32 Å². The second kappa shape index (κ2) is 7.05. The Morgan fingerprint density at radius 2 is 2.21 bits per heavy atom. The topological polar surface area (TPSA) is 12.0 Å². The van der Waals surface area contributed by atoms with Gasteiger partial charge in [0.25, 0.3) is 0 Å². The minimum absolute atomic E-state index is 0.707. The summed E-state index contributed by atoms with van der Waals surface area (Å²) in [7, 11) is 0. The van der Waals surface area contributed by atoms with Crippen LogP contribution in [0.2, 0.25) is 0 Å². The fourth-order valence-corrected chi connectivity index (χ4v) is 2.13. The quantitative estimate of drug-likeness (QED) is 0.504. The molecule has 0 amide bonds. The normalized spacial score (nSPS) is 23.7. The first kappa shape index (κ1) is 11.8. The standard InChI is InChI=1S/C13H25N/c1-3-4-6-9-12(2)14-13-10-7-5-8-11-13/h5,7,12-14H,3-4,6,8-11H2,1-2H3. The van der Waals surface area contributed by atoms with Gasteiger partial charge in [0.2, 0.25) is 0 Å². The molecule has 0 fully saturated rings. The first-order valence-corrected chi connectivity index (χ1v) is 6.24. The summed E-state index contributed by atoms with van der Waals surface area (Å²) in [6, 6.07) is 1.45. The van der Waals surface area contributed by atoms with Crippen molar-refractivity contribution in [2.45, 2.75) is 70.9 Å². The Morgan fingerprint density at radius 1 is 1.36 bits per heavy atom. The maximum absolute atomic E-state index is 3.73. The Morgan fingerprint density at radius 3 is 2.86 bits per heavy atom. The second-order valence-electron chi connectivity index (χ2n) is 4.54. The second-order valence-corrected chi connectivity index (χ2v) is 4.54. The minimum Gasteiger partial charge on any atom is -0.311 e. The van der Waals surface area contributed by atoms with Crippen LogP contribution in [0.15, 0.2) is 12.2 Å². The van der Waals surface area contributed by atoms with Gasteiger partial charge in [-0.3, -0.25) is 0 Å². The number of hydrogen-bond acceptors (Lipinski definition) is 1. The van der Waals surface area contributed by atoms with Gasteiger partial charge in [-0.15, -0.1) is 0 Å². The predicted octanol–water partition coefficient (Wildman–Crippen LogP) is 3.65. The molecule has 0 saturated carbocycles. The molecule has 0 bridgehead atoms. The van der Waals surface area contributed by atoms with E-state index in [2.05, 4.69) is 31.3 Å². The van der Waals surface area contributed by atoms with Gasteiger partial charge in [0, 0.05) is 12.1 Å². The van der Waals surface area contributed by atoms with Crippen LogP contribution in [0.1, 0.15) is 58.8 Å². The third kappa shape index (κ3) is 4.80. The Balaban J connectivity index is 2.06. The first-order valence-electron chi connectivity index (χ1n) is 6.24. The van der Waals surface area contributed by atoms with Gasteiger partial charge in [-0.2, -0.15) is 0 Å². The van der Waals surface area contributed by atoms with Gasteiger partial charge in [0.15, 0.2) is 0 Å². The highest BCUT2D eigenvalue weighted by atomic mass is 14.9. The van der Waals surface area contributed by atoms with Crippen LogP contribution in [0, 0.1) is 0 Å². The van der Waals surface area contributed by atoms with Gasteiger partial charge in [-0.25, -0.2) is 0 Å². The average molecular weight is 195 g/mol. The Hall–Kier alpha value is -0.300. The van der Waals surface area contributed by atoms with Crippen LogP contribution in [-0.2, 0) is 0 Å². The van der Waals surface area contributed by atoms with Crippen molar-refractivity contribution >= 4 is 0 Å². The van der Waals surface area contributed by atoms with Crippen LogP contribution in [0.3, 0.4) is 0 Å². The molecule has 14 heavy (non-hydrogen) atoms. The molecule has 2 atom stereocenters. The van der Waals surface area contributed by atoms with E-state index in [1.54, 1.807) is 0 Å². The lowest BCUT2D eigenvalue weighted by Crippen LogP contribution is -2.36. The fraction of sp³-hybridized carbons (Fsp3) is 0.846. The van der Waals surface area contributed by atoms with Crippen LogP contribution < -0.4 is 5.32 Å². The zero-order valence-corrected chi connectivity index (χ0v) is 9.76. The lowest BCUT2D eigenvalue weighted by Gasteiger charge is -2.24. The Labute approximate surface area is 89.0 Å². The molecule has 0 radical (unpaired) electrons. The van der Waals surface area contributed by atoms with Crippen LogP contribution >= 0.6 is 0 Å². The zero-order chi connectivity index (χ0) is 10.2. The maximum atomic E-state index is 3.73. The number of allylic oxidation sites excluding steroid dienone is 1.